The molecule has 1 aromatic rings. The van der Waals surface area contributed by atoms with Gasteiger partial charge < -0.3 is 14.8 Å². The number of carbonyl (C=O) groups excluding carboxylic acids is 1. The maximum Gasteiger partial charge on any atom is 0.242 e. The quantitative estimate of drug-likeness (QED) is 0.757. The number of aromatic nitrogens is 4. The highest BCUT2D eigenvalue weighted by atomic mass is 16.5. The number of rotatable bonds is 6. The Hall–Kier alpha value is -1.80. The van der Waals surface area contributed by atoms with E-state index in [0.29, 0.717) is 25.6 Å². The maximum absolute atomic E-state index is 12.1. The zero-order valence-corrected chi connectivity index (χ0v) is 13.3. The second-order valence-corrected chi connectivity index (χ2v) is 5.57. The van der Waals surface area contributed by atoms with Crippen molar-refractivity contribution in [3.63, 3.8) is 0 Å². The Labute approximate surface area is 129 Å². The van der Waals surface area contributed by atoms with Gasteiger partial charge in [0.05, 0.1) is 25.4 Å². The first-order chi connectivity index (χ1) is 10.6. The summed E-state index contributed by atoms with van der Waals surface area (Å²) in [6, 6.07) is -0.149. The van der Waals surface area contributed by atoms with Crippen LogP contribution in [0.2, 0.25) is 0 Å². The molecule has 8 heteroatoms. The highest BCUT2D eigenvalue weighted by Crippen LogP contribution is 2.12. The van der Waals surface area contributed by atoms with Crippen molar-refractivity contribution >= 4 is 5.91 Å². The Kier molecular flexibility index (Phi) is 6.02. The lowest BCUT2D eigenvalue weighted by Gasteiger charge is -2.31. The lowest BCUT2D eigenvalue weighted by molar-refractivity contribution is -0.126. The van der Waals surface area contributed by atoms with Crippen LogP contribution in [0.4, 0.5) is 0 Å². The van der Waals surface area contributed by atoms with Gasteiger partial charge >= 0.3 is 0 Å². The zero-order valence-electron chi connectivity index (χ0n) is 13.3. The van der Waals surface area contributed by atoms with Crippen LogP contribution in [-0.4, -0.2) is 58.1 Å². The molecule has 2 rings (SSSR count). The normalized spacial score (nSPS) is 21.4. The number of tetrazole rings is 1. The lowest BCUT2D eigenvalue weighted by Crippen LogP contribution is -2.51. The van der Waals surface area contributed by atoms with E-state index in [9.17, 15) is 4.79 Å². The van der Waals surface area contributed by atoms with Crippen LogP contribution in [-0.2, 0) is 20.8 Å². The van der Waals surface area contributed by atoms with Crippen molar-refractivity contribution in [2.75, 3.05) is 19.8 Å². The van der Waals surface area contributed by atoms with E-state index in [-0.39, 0.29) is 24.6 Å². The van der Waals surface area contributed by atoms with Crippen molar-refractivity contribution in [2.45, 2.75) is 45.9 Å². The highest BCUT2D eigenvalue weighted by Gasteiger charge is 2.27. The van der Waals surface area contributed by atoms with Crippen LogP contribution >= 0.6 is 0 Å². The molecule has 1 aliphatic rings. The molecule has 1 fully saturated rings. The van der Waals surface area contributed by atoms with Gasteiger partial charge in [0.25, 0.3) is 0 Å². The van der Waals surface area contributed by atoms with Crippen molar-refractivity contribution in [2.24, 2.45) is 0 Å². The molecular formula is C14H23N5O3. The molecule has 1 aromatic heterocycles. The van der Waals surface area contributed by atoms with Crippen LogP contribution in [0.25, 0.3) is 0 Å². The van der Waals surface area contributed by atoms with Crippen LogP contribution in [0, 0.1) is 6.92 Å². The maximum atomic E-state index is 12.1. The Morgan fingerprint density at radius 3 is 3.05 bits per heavy atom. The van der Waals surface area contributed by atoms with Gasteiger partial charge in [0, 0.05) is 6.61 Å². The minimum absolute atomic E-state index is 0.0386. The highest BCUT2D eigenvalue weighted by molar-refractivity contribution is 5.76. The number of allylic oxidation sites excluding steroid dienone is 1. The first-order valence-electron chi connectivity index (χ1n) is 7.41. The number of hydrogen-bond acceptors (Lipinski definition) is 6. The van der Waals surface area contributed by atoms with E-state index in [1.54, 1.807) is 6.92 Å². The van der Waals surface area contributed by atoms with Gasteiger partial charge in [-0.25, -0.2) is 4.68 Å². The molecule has 122 valence electrons. The molecule has 0 aliphatic carbocycles. The molecule has 2 heterocycles. The lowest BCUT2D eigenvalue weighted by atomic mass is 10.1. The fourth-order valence-electron chi connectivity index (χ4n) is 2.17. The zero-order chi connectivity index (χ0) is 15.9. The second kappa shape index (κ2) is 8.00. The number of nitrogens with one attached hydrogen (secondary N) is 1. The van der Waals surface area contributed by atoms with E-state index in [1.807, 2.05) is 19.9 Å². The van der Waals surface area contributed by atoms with Gasteiger partial charge in [0.15, 0.2) is 0 Å². The Morgan fingerprint density at radius 1 is 1.55 bits per heavy atom. The minimum Gasteiger partial charge on any atom is -0.379 e. The molecule has 22 heavy (non-hydrogen) atoms. The van der Waals surface area contributed by atoms with E-state index in [4.69, 9.17) is 9.47 Å². The largest absolute Gasteiger partial charge is 0.379 e. The second-order valence-electron chi connectivity index (χ2n) is 5.57. The molecule has 0 bridgehead atoms. The molecule has 1 saturated heterocycles. The molecule has 0 spiro atoms. The summed E-state index contributed by atoms with van der Waals surface area (Å²) in [6.45, 7) is 7.56. The third-order valence-electron chi connectivity index (χ3n) is 3.45. The van der Waals surface area contributed by atoms with Crippen LogP contribution in [0.3, 0.4) is 0 Å². The SMILES string of the molecule is CC(C)=CCO[C@@H]1CCOC[C@@H]1NC(=O)Cn1nnnc1C. The van der Waals surface area contributed by atoms with E-state index >= 15 is 0 Å². The minimum atomic E-state index is -0.151. The monoisotopic (exact) mass is 309 g/mol. The Morgan fingerprint density at radius 2 is 2.36 bits per heavy atom. The average molecular weight is 309 g/mol. The molecule has 0 aromatic carbocycles. The third-order valence-corrected chi connectivity index (χ3v) is 3.45. The van der Waals surface area contributed by atoms with E-state index in [1.165, 1.54) is 10.3 Å². The number of ether oxygens (including phenoxy) is 2. The number of nitrogens with zero attached hydrogens (tertiary/aromatic N) is 4. The predicted octanol–water partition coefficient (Wildman–Crippen LogP) is 0.238. The predicted molar refractivity (Wildman–Crippen MR) is 79.1 cm³/mol. The van der Waals surface area contributed by atoms with Gasteiger partial charge in [-0.1, -0.05) is 11.6 Å². The fraction of sp³-hybridized carbons (Fsp3) is 0.714. The smallest absolute Gasteiger partial charge is 0.242 e. The van der Waals surface area contributed by atoms with Crippen molar-refractivity contribution in [1.29, 1.82) is 0 Å². The van der Waals surface area contributed by atoms with Crippen molar-refractivity contribution in [3.05, 3.63) is 17.5 Å². The summed E-state index contributed by atoms with van der Waals surface area (Å²) in [7, 11) is 0. The number of hydrogen-bond donors (Lipinski definition) is 1. The van der Waals surface area contributed by atoms with Crippen LogP contribution < -0.4 is 5.32 Å². The van der Waals surface area contributed by atoms with E-state index < -0.39 is 0 Å². The summed E-state index contributed by atoms with van der Waals surface area (Å²) in [5.74, 6) is 0.452. The van der Waals surface area contributed by atoms with E-state index in [2.05, 4.69) is 20.8 Å². The van der Waals surface area contributed by atoms with Crippen LogP contribution in [0.15, 0.2) is 11.6 Å². The number of aryl methyl sites for hydroxylation is 1. The van der Waals surface area contributed by atoms with Gasteiger partial charge in [0.1, 0.15) is 12.4 Å². The molecule has 1 aliphatic heterocycles. The molecule has 0 saturated carbocycles. The van der Waals surface area contributed by atoms with Gasteiger partial charge in [-0.2, -0.15) is 0 Å². The standard InChI is InChI=1S/C14H23N5O3/c1-10(2)4-7-22-13-5-6-21-9-12(13)15-14(20)8-19-11(3)16-17-18-19/h4,12-13H,5-9H2,1-3H3,(H,15,20)/t12-,13+/m0/s1. The summed E-state index contributed by atoms with van der Waals surface area (Å²) in [4.78, 5) is 12.1. The fourth-order valence-corrected chi connectivity index (χ4v) is 2.17. The van der Waals surface area contributed by atoms with Gasteiger partial charge in [-0.15, -0.1) is 5.10 Å². The van der Waals surface area contributed by atoms with Gasteiger partial charge in [0.2, 0.25) is 5.91 Å². The molecule has 2 atom stereocenters. The van der Waals surface area contributed by atoms with Crippen molar-refractivity contribution in [1.82, 2.24) is 25.5 Å². The molecule has 0 unspecified atom stereocenters. The molecule has 1 amide bonds. The molecular weight excluding hydrogens is 286 g/mol. The molecule has 0 radical (unpaired) electrons. The Bertz CT molecular complexity index is 524. The summed E-state index contributed by atoms with van der Waals surface area (Å²) in [5.41, 5.74) is 1.21. The third kappa shape index (κ3) is 4.88. The van der Waals surface area contributed by atoms with Crippen LogP contribution in [0.1, 0.15) is 26.1 Å². The van der Waals surface area contributed by atoms with Crippen molar-refractivity contribution in [3.8, 4) is 0 Å². The van der Waals surface area contributed by atoms with E-state index in [0.717, 1.165) is 6.42 Å². The first kappa shape index (κ1) is 16.6. The summed E-state index contributed by atoms with van der Waals surface area (Å²) in [5, 5.41) is 14.0. The molecule has 1 N–H and O–H groups in total. The summed E-state index contributed by atoms with van der Waals surface area (Å²) < 4.78 is 12.7. The summed E-state index contributed by atoms with van der Waals surface area (Å²) >= 11 is 0. The van der Waals surface area contributed by atoms with Gasteiger partial charge in [-0.05, 0) is 37.6 Å². The average Bonchev–Trinajstić information content (AvgIpc) is 2.85. The van der Waals surface area contributed by atoms with Crippen LogP contribution in [0.5, 0.6) is 0 Å². The molecule has 8 nitrogen and oxygen atoms in total. The number of amides is 1. The number of carbonyl (C=O) groups is 1. The topological polar surface area (TPSA) is 91.2 Å². The van der Waals surface area contributed by atoms with Crippen molar-refractivity contribution < 1.29 is 14.3 Å². The Balaban J connectivity index is 1.86. The summed E-state index contributed by atoms with van der Waals surface area (Å²) in [6.07, 6.45) is 2.76. The van der Waals surface area contributed by atoms with Gasteiger partial charge in [-0.3, -0.25) is 4.79 Å². The first-order valence-corrected chi connectivity index (χ1v) is 7.41.